The van der Waals surface area contributed by atoms with Crippen LogP contribution in [0.15, 0.2) is 18.2 Å². The van der Waals surface area contributed by atoms with Crippen molar-refractivity contribution in [3.8, 4) is 5.75 Å². The van der Waals surface area contributed by atoms with Gasteiger partial charge in [0.1, 0.15) is 18.2 Å². The Labute approximate surface area is 90.3 Å². The normalized spacial score (nSPS) is 10.4. The van der Waals surface area contributed by atoms with Crippen LogP contribution in [0.4, 0.5) is 8.78 Å². The number of rotatable bonds is 4. The Morgan fingerprint density at radius 3 is 2.67 bits per heavy atom. The van der Waals surface area contributed by atoms with E-state index in [0.29, 0.717) is 5.56 Å². The van der Waals surface area contributed by atoms with Crippen LogP contribution in [0.1, 0.15) is 5.56 Å². The third kappa shape index (κ3) is 3.36. The lowest BCUT2D eigenvalue weighted by molar-refractivity contribution is 0.0819. The molecule has 0 aliphatic heterocycles. The first-order valence-electron chi connectivity index (χ1n) is 4.05. The van der Waals surface area contributed by atoms with Crippen LogP contribution >= 0.6 is 11.6 Å². The number of hydrogen-bond acceptors (Lipinski definition) is 2. The molecule has 3 N–H and O–H groups in total. The first kappa shape index (κ1) is 11.7. The lowest BCUT2D eigenvalue weighted by atomic mass is 10.2. The smallest absolute Gasteiger partial charge is 0.272 e. The number of alkyl halides is 2. The Bertz CT molecular complexity index is 371. The molecule has 0 spiro atoms. The number of nitrogens with one attached hydrogen (secondary N) is 1. The lowest BCUT2D eigenvalue weighted by Crippen LogP contribution is -2.11. The molecule has 1 aromatic carbocycles. The number of halogens is 3. The summed E-state index contributed by atoms with van der Waals surface area (Å²) in [5.41, 5.74) is 5.64. The molecule has 0 saturated carbocycles. The molecule has 3 nitrogen and oxygen atoms in total. The van der Waals surface area contributed by atoms with Gasteiger partial charge in [-0.2, -0.15) is 0 Å². The van der Waals surface area contributed by atoms with E-state index in [0.717, 1.165) is 0 Å². The van der Waals surface area contributed by atoms with Crippen molar-refractivity contribution in [2.75, 3.05) is 6.61 Å². The summed E-state index contributed by atoms with van der Waals surface area (Å²) in [6, 6.07) is 4.28. The Kier molecular flexibility index (Phi) is 3.85. The van der Waals surface area contributed by atoms with Gasteiger partial charge >= 0.3 is 0 Å². The number of hydrogen-bond donors (Lipinski definition) is 2. The van der Waals surface area contributed by atoms with E-state index < -0.39 is 13.0 Å². The summed E-state index contributed by atoms with van der Waals surface area (Å²) in [7, 11) is 0. The van der Waals surface area contributed by atoms with E-state index in [2.05, 4.69) is 0 Å². The predicted octanol–water partition coefficient (Wildman–Crippen LogP) is 2.27. The molecule has 6 heteroatoms. The highest BCUT2D eigenvalue weighted by molar-refractivity contribution is 6.32. The van der Waals surface area contributed by atoms with Crippen LogP contribution < -0.4 is 10.5 Å². The maximum Gasteiger partial charge on any atom is 0.272 e. The van der Waals surface area contributed by atoms with Crippen molar-refractivity contribution >= 4 is 17.4 Å². The number of amidine groups is 1. The van der Waals surface area contributed by atoms with E-state index in [1.54, 1.807) is 0 Å². The van der Waals surface area contributed by atoms with Gasteiger partial charge in [-0.05, 0) is 18.2 Å². The Balaban J connectivity index is 2.79. The molecule has 0 unspecified atom stereocenters. The third-order valence-electron chi connectivity index (χ3n) is 1.61. The molecule has 0 aliphatic rings. The van der Waals surface area contributed by atoms with Crippen molar-refractivity contribution in [2.24, 2.45) is 5.73 Å². The van der Waals surface area contributed by atoms with Gasteiger partial charge in [-0.3, -0.25) is 5.41 Å². The predicted molar refractivity (Wildman–Crippen MR) is 54.0 cm³/mol. The van der Waals surface area contributed by atoms with Crippen LogP contribution in [-0.2, 0) is 0 Å². The van der Waals surface area contributed by atoms with Crippen LogP contribution in [0.2, 0.25) is 5.02 Å². The van der Waals surface area contributed by atoms with E-state index in [4.69, 9.17) is 27.5 Å². The minimum Gasteiger partial charge on any atom is -0.486 e. The third-order valence-corrected chi connectivity index (χ3v) is 1.90. The second kappa shape index (κ2) is 4.93. The maximum atomic E-state index is 11.8. The average molecular weight is 235 g/mol. The van der Waals surface area contributed by atoms with Crippen molar-refractivity contribution in [2.45, 2.75) is 6.43 Å². The molecule has 0 amide bonds. The number of ether oxygens (including phenoxy) is 1. The minimum atomic E-state index is -2.55. The summed E-state index contributed by atoms with van der Waals surface area (Å²) in [6.07, 6.45) is -2.55. The molecule has 1 aromatic rings. The molecule has 0 saturated heterocycles. The topological polar surface area (TPSA) is 59.1 Å². The largest absolute Gasteiger partial charge is 0.486 e. The van der Waals surface area contributed by atoms with Crippen molar-refractivity contribution in [1.29, 1.82) is 5.41 Å². The van der Waals surface area contributed by atoms with Crippen molar-refractivity contribution in [3.05, 3.63) is 28.8 Å². The van der Waals surface area contributed by atoms with Crippen LogP contribution in [0.5, 0.6) is 5.75 Å². The fraction of sp³-hybridized carbons (Fsp3) is 0.222. The first-order valence-corrected chi connectivity index (χ1v) is 4.43. The zero-order valence-corrected chi connectivity index (χ0v) is 8.39. The van der Waals surface area contributed by atoms with E-state index in [1.807, 2.05) is 0 Å². The summed E-state index contributed by atoms with van der Waals surface area (Å²) in [5.74, 6) is 0.0132. The molecule has 0 atom stereocenters. The standard InChI is InChI=1S/C9H9ClF2N2O/c10-6-3-5(9(13)14)1-2-7(6)15-4-8(11)12/h1-3,8H,4H2,(H3,13,14). The molecule has 0 radical (unpaired) electrons. The monoisotopic (exact) mass is 234 g/mol. The lowest BCUT2D eigenvalue weighted by Gasteiger charge is -2.08. The Hall–Kier alpha value is -1.36. The van der Waals surface area contributed by atoms with Crippen molar-refractivity contribution in [3.63, 3.8) is 0 Å². The Morgan fingerprint density at radius 1 is 1.53 bits per heavy atom. The van der Waals surface area contributed by atoms with Crippen LogP contribution in [0, 0.1) is 5.41 Å². The summed E-state index contributed by atoms with van der Waals surface area (Å²) in [4.78, 5) is 0. The quantitative estimate of drug-likeness (QED) is 0.620. The fourth-order valence-electron chi connectivity index (χ4n) is 0.938. The van der Waals surface area contributed by atoms with E-state index in [1.165, 1.54) is 18.2 Å². The molecule has 0 aromatic heterocycles. The van der Waals surface area contributed by atoms with Gasteiger partial charge in [-0.25, -0.2) is 8.78 Å². The highest BCUT2D eigenvalue weighted by Gasteiger charge is 2.08. The van der Waals surface area contributed by atoms with Gasteiger partial charge in [0.2, 0.25) is 0 Å². The van der Waals surface area contributed by atoms with Gasteiger partial charge in [0, 0.05) is 5.56 Å². The number of benzene rings is 1. The van der Waals surface area contributed by atoms with Gasteiger partial charge in [-0.1, -0.05) is 11.6 Å². The zero-order chi connectivity index (χ0) is 11.4. The molecule has 0 bridgehead atoms. The highest BCUT2D eigenvalue weighted by atomic mass is 35.5. The van der Waals surface area contributed by atoms with E-state index in [-0.39, 0.29) is 16.6 Å². The first-order chi connectivity index (χ1) is 7.00. The summed E-state index contributed by atoms with van der Waals surface area (Å²) in [5, 5.41) is 7.29. The van der Waals surface area contributed by atoms with Crippen molar-refractivity contribution in [1.82, 2.24) is 0 Å². The summed E-state index contributed by atoms with van der Waals surface area (Å²) < 4.78 is 28.4. The molecule has 0 fully saturated rings. The van der Waals surface area contributed by atoms with Gasteiger partial charge < -0.3 is 10.5 Å². The van der Waals surface area contributed by atoms with Crippen LogP contribution in [0.25, 0.3) is 0 Å². The van der Waals surface area contributed by atoms with Gasteiger partial charge in [0.05, 0.1) is 5.02 Å². The van der Waals surface area contributed by atoms with E-state index >= 15 is 0 Å². The molecule has 15 heavy (non-hydrogen) atoms. The summed E-state index contributed by atoms with van der Waals surface area (Å²) in [6.45, 7) is -0.709. The maximum absolute atomic E-state index is 11.8. The van der Waals surface area contributed by atoms with Crippen LogP contribution in [-0.4, -0.2) is 18.9 Å². The molecular weight excluding hydrogens is 226 g/mol. The SMILES string of the molecule is N=C(N)c1ccc(OCC(F)F)c(Cl)c1. The van der Waals surface area contributed by atoms with Gasteiger partial charge in [-0.15, -0.1) is 0 Å². The zero-order valence-electron chi connectivity index (χ0n) is 7.64. The second-order valence-electron chi connectivity index (χ2n) is 2.76. The van der Waals surface area contributed by atoms with Crippen LogP contribution in [0.3, 0.4) is 0 Å². The molecular formula is C9H9ClF2N2O. The number of nitrogens with two attached hydrogens (primary N) is 1. The Morgan fingerprint density at radius 2 is 2.20 bits per heavy atom. The van der Waals surface area contributed by atoms with Crippen molar-refractivity contribution < 1.29 is 13.5 Å². The minimum absolute atomic E-state index is 0.141. The number of nitrogen functional groups attached to an aromatic ring is 1. The van der Waals surface area contributed by atoms with Gasteiger partial charge in [0.25, 0.3) is 6.43 Å². The van der Waals surface area contributed by atoms with E-state index in [9.17, 15) is 8.78 Å². The molecule has 1 rings (SSSR count). The van der Waals surface area contributed by atoms with Gasteiger partial charge in [0.15, 0.2) is 0 Å². The summed E-state index contributed by atoms with van der Waals surface area (Å²) >= 11 is 5.73. The molecule has 0 heterocycles. The average Bonchev–Trinajstić information content (AvgIpc) is 2.15. The highest BCUT2D eigenvalue weighted by Crippen LogP contribution is 2.25. The fourth-order valence-corrected chi connectivity index (χ4v) is 1.17. The molecule has 0 aliphatic carbocycles. The second-order valence-corrected chi connectivity index (χ2v) is 3.17. The molecule has 82 valence electrons.